The van der Waals surface area contributed by atoms with E-state index in [1.807, 2.05) is 0 Å². The Morgan fingerprint density at radius 1 is 1.33 bits per heavy atom. The highest BCUT2D eigenvalue weighted by Crippen LogP contribution is 2.59. The Balaban J connectivity index is 1.60. The maximum Gasteiger partial charge on any atom is 0.0534 e. The van der Waals surface area contributed by atoms with Crippen LogP contribution in [0.4, 0.5) is 0 Å². The van der Waals surface area contributed by atoms with Gasteiger partial charge in [-0.25, -0.2) is 0 Å². The van der Waals surface area contributed by atoms with E-state index in [0.717, 1.165) is 6.04 Å². The molecular formula is C11H21N3S. The van der Waals surface area contributed by atoms with Crippen LogP contribution in [0.5, 0.6) is 0 Å². The first kappa shape index (κ1) is 10.4. The summed E-state index contributed by atoms with van der Waals surface area (Å²) in [6.07, 6.45) is 2.70. The molecule has 4 heteroatoms. The van der Waals surface area contributed by atoms with E-state index in [4.69, 9.17) is 0 Å². The smallest absolute Gasteiger partial charge is 0.0534 e. The summed E-state index contributed by atoms with van der Waals surface area (Å²) in [5, 5.41) is 3.92. The number of piperazine rings is 1. The quantitative estimate of drug-likeness (QED) is 0.659. The van der Waals surface area contributed by atoms with E-state index < -0.39 is 0 Å². The maximum atomic E-state index is 4.64. The van der Waals surface area contributed by atoms with Crippen molar-refractivity contribution in [1.82, 2.24) is 15.1 Å². The molecule has 0 aromatic heterocycles. The average Bonchev–Trinajstić information content (AvgIpc) is 2.86. The van der Waals surface area contributed by atoms with Crippen molar-refractivity contribution in [3.05, 3.63) is 0 Å². The molecular weight excluding hydrogens is 206 g/mol. The van der Waals surface area contributed by atoms with Gasteiger partial charge in [-0.05, 0) is 19.9 Å². The van der Waals surface area contributed by atoms with Gasteiger partial charge in [0.05, 0.1) is 5.37 Å². The number of nitrogens with zero attached hydrogens (tertiary/aromatic N) is 2. The van der Waals surface area contributed by atoms with Crippen molar-refractivity contribution in [3.63, 3.8) is 0 Å². The van der Waals surface area contributed by atoms with Crippen molar-refractivity contribution in [2.75, 3.05) is 39.8 Å². The molecule has 0 radical (unpaired) electrons. The molecule has 0 aromatic rings. The van der Waals surface area contributed by atoms with Gasteiger partial charge in [-0.15, -0.1) is 0 Å². The molecule has 0 aromatic carbocycles. The predicted molar refractivity (Wildman–Crippen MR) is 65.3 cm³/mol. The highest BCUT2D eigenvalue weighted by Gasteiger charge is 2.62. The maximum absolute atomic E-state index is 4.64. The minimum atomic E-state index is 0.506. The van der Waals surface area contributed by atoms with Crippen LogP contribution in [0.15, 0.2) is 0 Å². The SMILES string of the molecule is CN1C2C[C@]2(CN2CCNCC2)C[C@H]1S. The second-order valence-electron chi connectivity index (χ2n) is 5.46. The molecule has 0 amide bonds. The van der Waals surface area contributed by atoms with Crippen LogP contribution in [0.1, 0.15) is 12.8 Å². The molecule has 1 aliphatic carbocycles. The van der Waals surface area contributed by atoms with Crippen molar-refractivity contribution in [2.24, 2.45) is 5.41 Å². The molecule has 86 valence electrons. The van der Waals surface area contributed by atoms with Gasteiger partial charge in [0.1, 0.15) is 0 Å². The molecule has 3 atom stereocenters. The molecule has 3 fully saturated rings. The van der Waals surface area contributed by atoms with Crippen molar-refractivity contribution in [3.8, 4) is 0 Å². The summed E-state index contributed by atoms with van der Waals surface area (Å²) in [6.45, 7) is 6.10. The molecule has 1 N–H and O–H groups in total. The first-order chi connectivity index (χ1) is 7.21. The third-order valence-corrected chi connectivity index (χ3v) is 4.99. The topological polar surface area (TPSA) is 18.5 Å². The largest absolute Gasteiger partial charge is 0.314 e. The fraction of sp³-hybridized carbons (Fsp3) is 1.00. The van der Waals surface area contributed by atoms with Crippen molar-refractivity contribution >= 4 is 12.6 Å². The van der Waals surface area contributed by atoms with Crippen LogP contribution in [0.25, 0.3) is 0 Å². The Hall–Kier alpha value is 0.230. The number of hydrogen-bond acceptors (Lipinski definition) is 4. The summed E-state index contributed by atoms with van der Waals surface area (Å²) < 4.78 is 0. The second-order valence-corrected chi connectivity index (χ2v) is 6.05. The minimum Gasteiger partial charge on any atom is -0.314 e. The molecule has 3 rings (SSSR count). The van der Waals surface area contributed by atoms with Gasteiger partial charge in [-0.1, -0.05) is 0 Å². The van der Waals surface area contributed by atoms with Gasteiger partial charge in [0.2, 0.25) is 0 Å². The molecule has 1 saturated carbocycles. The van der Waals surface area contributed by atoms with Gasteiger partial charge in [-0.2, -0.15) is 12.6 Å². The summed E-state index contributed by atoms with van der Waals surface area (Å²) in [5.74, 6) is 0. The first-order valence-electron chi connectivity index (χ1n) is 6.04. The molecule has 1 unspecified atom stereocenters. The second kappa shape index (κ2) is 3.62. The van der Waals surface area contributed by atoms with Crippen LogP contribution in [-0.4, -0.2) is 61.0 Å². The fourth-order valence-corrected chi connectivity index (χ4v) is 3.91. The lowest BCUT2D eigenvalue weighted by atomic mass is 10.0. The highest BCUT2D eigenvalue weighted by molar-refractivity contribution is 7.80. The Kier molecular flexibility index (Phi) is 2.51. The van der Waals surface area contributed by atoms with E-state index in [0.29, 0.717) is 10.8 Å². The van der Waals surface area contributed by atoms with Crippen molar-refractivity contribution in [1.29, 1.82) is 0 Å². The molecule has 2 heterocycles. The number of fused-ring (bicyclic) bond motifs is 1. The highest BCUT2D eigenvalue weighted by atomic mass is 32.1. The van der Waals surface area contributed by atoms with Crippen LogP contribution >= 0.6 is 12.6 Å². The molecule has 3 aliphatic rings. The number of hydrogen-bond donors (Lipinski definition) is 2. The van der Waals surface area contributed by atoms with E-state index in [9.17, 15) is 0 Å². The van der Waals surface area contributed by atoms with Gasteiger partial charge >= 0.3 is 0 Å². The summed E-state index contributed by atoms with van der Waals surface area (Å²) in [6, 6.07) is 0.829. The van der Waals surface area contributed by atoms with E-state index in [2.05, 4.69) is 34.8 Å². The van der Waals surface area contributed by atoms with Crippen LogP contribution in [0, 0.1) is 5.41 Å². The average molecular weight is 227 g/mol. The number of likely N-dealkylation sites (tertiary alicyclic amines) is 1. The van der Waals surface area contributed by atoms with E-state index in [1.54, 1.807) is 0 Å². The van der Waals surface area contributed by atoms with E-state index >= 15 is 0 Å². The molecule has 2 aliphatic heterocycles. The Labute approximate surface area is 97.6 Å². The van der Waals surface area contributed by atoms with Crippen LogP contribution in [-0.2, 0) is 0 Å². The van der Waals surface area contributed by atoms with E-state index in [1.165, 1.54) is 45.6 Å². The lowest BCUT2D eigenvalue weighted by Gasteiger charge is -2.30. The van der Waals surface area contributed by atoms with Gasteiger partial charge < -0.3 is 10.2 Å². The third-order valence-electron chi connectivity index (χ3n) is 4.45. The summed E-state index contributed by atoms with van der Waals surface area (Å²) >= 11 is 4.64. The number of rotatable bonds is 2. The molecule has 15 heavy (non-hydrogen) atoms. The predicted octanol–water partition coefficient (Wildman–Crippen LogP) is 0.242. The van der Waals surface area contributed by atoms with Crippen LogP contribution in [0.2, 0.25) is 0 Å². The minimum absolute atomic E-state index is 0.506. The summed E-state index contributed by atoms with van der Waals surface area (Å²) in [4.78, 5) is 5.10. The summed E-state index contributed by atoms with van der Waals surface area (Å²) in [7, 11) is 2.23. The zero-order chi connectivity index (χ0) is 10.5. The van der Waals surface area contributed by atoms with Crippen molar-refractivity contribution in [2.45, 2.75) is 24.3 Å². The van der Waals surface area contributed by atoms with Gasteiger partial charge in [0.25, 0.3) is 0 Å². The van der Waals surface area contributed by atoms with Crippen LogP contribution in [0.3, 0.4) is 0 Å². The lowest BCUT2D eigenvalue weighted by molar-refractivity contribution is 0.195. The Bertz CT molecular complexity index is 254. The molecule has 0 bridgehead atoms. The Morgan fingerprint density at radius 3 is 2.67 bits per heavy atom. The van der Waals surface area contributed by atoms with Crippen molar-refractivity contribution < 1.29 is 0 Å². The summed E-state index contributed by atoms with van der Waals surface area (Å²) in [5.41, 5.74) is 0.610. The zero-order valence-corrected chi connectivity index (χ0v) is 10.3. The molecule has 2 saturated heterocycles. The number of thiol groups is 1. The normalized spacial score (nSPS) is 46.8. The van der Waals surface area contributed by atoms with E-state index in [-0.39, 0.29) is 0 Å². The molecule has 0 spiro atoms. The Morgan fingerprint density at radius 2 is 2.07 bits per heavy atom. The number of nitrogens with one attached hydrogen (secondary N) is 1. The molecule has 3 nitrogen and oxygen atoms in total. The third kappa shape index (κ3) is 1.71. The fourth-order valence-electron chi connectivity index (χ4n) is 3.39. The van der Waals surface area contributed by atoms with Gasteiger partial charge in [-0.3, -0.25) is 4.90 Å². The zero-order valence-electron chi connectivity index (χ0n) is 9.45. The number of piperidine rings is 1. The van der Waals surface area contributed by atoms with Gasteiger partial charge in [0, 0.05) is 44.2 Å². The van der Waals surface area contributed by atoms with Crippen LogP contribution < -0.4 is 5.32 Å². The first-order valence-corrected chi connectivity index (χ1v) is 6.56. The standard InChI is InChI=1S/C11H21N3S/c1-13-9-6-11(9,7-10(13)15)8-14-4-2-12-3-5-14/h9-10,12,15H,2-8H2,1H3/t9?,10-,11-/m1/s1. The monoisotopic (exact) mass is 227 g/mol. The van der Waals surface area contributed by atoms with Gasteiger partial charge in [0.15, 0.2) is 0 Å². The lowest BCUT2D eigenvalue weighted by Crippen LogP contribution is -2.45.